The van der Waals surface area contributed by atoms with Crippen molar-refractivity contribution in [3.05, 3.63) is 59.9 Å². The number of halogens is 3. The molecule has 0 fully saturated rings. The van der Waals surface area contributed by atoms with E-state index in [4.69, 9.17) is 0 Å². The van der Waals surface area contributed by atoms with Gasteiger partial charge < -0.3 is 0 Å². The third-order valence-electron chi connectivity index (χ3n) is 3.17. The van der Waals surface area contributed by atoms with Crippen LogP contribution in [0.3, 0.4) is 0 Å². The average molecular weight is 331 g/mol. The second kappa shape index (κ2) is 5.60. The fourth-order valence-electron chi connectivity index (χ4n) is 1.92. The van der Waals surface area contributed by atoms with Crippen LogP contribution in [0.1, 0.15) is 11.3 Å². The van der Waals surface area contributed by atoms with Gasteiger partial charge in [-0.2, -0.15) is 21.6 Å². The molecule has 0 N–H and O–H groups in total. The lowest BCUT2D eigenvalue weighted by molar-refractivity contribution is -0.679. The zero-order chi connectivity index (χ0) is 16.5. The summed E-state index contributed by atoms with van der Waals surface area (Å²) in [5.74, 6) is 0. The molecule has 0 spiro atoms. The van der Waals surface area contributed by atoms with Crippen LogP contribution >= 0.6 is 0 Å². The van der Waals surface area contributed by atoms with Gasteiger partial charge in [0.1, 0.15) is 0 Å². The first-order valence-electron chi connectivity index (χ1n) is 6.28. The molecule has 1 heterocycles. The molecular weight excluding hydrogens is 317 g/mol. The molecule has 0 aliphatic carbocycles. The van der Waals surface area contributed by atoms with Crippen LogP contribution in [-0.2, 0) is 16.2 Å². The largest absolute Gasteiger partial charge is 0.416 e. The van der Waals surface area contributed by atoms with Gasteiger partial charge in [0, 0.05) is 19.1 Å². The molecule has 22 heavy (non-hydrogen) atoms. The Morgan fingerprint density at radius 3 is 2.14 bits per heavy atom. The van der Waals surface area contributed by atoms with Gasteiger partial charge in [-0.25, -0.2) is 0 Å². The summed E-state index contributed by atoms with van der Waals surface area (Å²) < 4.78 is 64.9. The maximum Gasteiger partial charge on any atom is 0.416 e. The van der Waals surface area contributed by atoms with Gasteiger partial charge in [-0.15, -0.1) is 0 Å². The van der Waals surface area contributed by atoms with Gasteiger partial charge in [0.25, 0.3) is 0 Å². The molecule has 0 radical (unpaired) electrons. The van der Waals surface area contributed by atoms with Gasteiger partial charge in [-0.3, -0.25) is 0 Å². The summed E-state index contributed by atoms with van der Waals surface area (Å²) in [5.41, 5.74) is -0.224. The molecule has 2 rings (SSSR count). The quantitative estimate of drug-likeness (QED) is 0.810. The molecule has 118 valence electrons. The molecule has 4 nitrogen and oxygen atoms in total. The Bertz CT molecular complexity index is 771. The molecule has 0 amide bonds. The monoisotopic (exact) mass is 331 g/mol. The van der Waals surface area contributed by atoms with Crippen molar-refractivity contribution < 1.29 is 26.3 Å². The molecule has 0 saturated carbocycles. The zero-order valence-electron chi connectivity index (χ0n) is 11.9. The number of rotatable bonds is 3. The average Bonchev–Trinajstić information content (AvgIpc) is 2.46. The summed E-state index contributed by atoms with van der Waals surface area (Å²) in [4.78, 5) is -0.209. The fraction of sp³-hybridized carbons (Fsp3) is 0.214. The lowest BCUT2D eigenvalue weighted by Crippen LogP contribution is -2.59. The lowest BCUT2D eigenvalue weighted by Gasteiger charge is -2.15. The molecule has 0 bridgehead atoms. The topological polar surface area (TPSA) is 41.3 Å². The minimum Gasteiger partial charge on any atom is -0.196 e. The van der Waals surface area contributed by atoms with E-state index in [2.05, 4.69) is 0 Å². The predicted octanol–water partition coefficient (Wildman–Crippen LogP) is 2.26. The standard InChI is InChI=1S/C14H14F3N2O2S/c1-11-5-3-4-10-19(11)18(2)22(20,21)13-8-6-12(7-9-13)14(15,16)17/h3-10H,1-2H3/q+1. The Kier molecular flexibility index (Phi) is 4.15. The minimum absolute atomic E-state index is 0.209. The Labute approximate surface area is 126 Å². The van der Waals surface area contributed by atoms with E-state index in [-0.39, 0.29) is 4.90 Å². The van der Waals surface area contributed by atoms with E-state index < -0.39 is 21.8 Å². The smallest absolute Gasteiger partial charge is 0.196 e. The molecule has 8 heteroatoms. The van der Waals surface area contributed by atoms with Crippen LogP contribution in [0.4, 0.5) is 13.2 Å². The normalized spacial score (nSPS) is 12.2. The van der Waals surface area contributed by atoms with Crippen LogP contribution in [0.15, 0.2) is 53.6 Å². The van der Waals surface area contributed by atoms with E-state index in [1.54, 1.807) is 31.3 Å². The number of nitrogens with zero attached hydrogens (tertiary/aromatic N) is 2. The lowest BCUT2D eigenvalue weighted by atomic mass is 10.2. The molecule has 0 atom stereocenters. The summed E-state index contributed by atoms with van der Waals surface area (Å²) >= 11 is 0. The van der Waals surface area contributed by atoms with Crippen LogP contribution in [0.25, 0.3) is 0 Å². The number of aromatic nitrogens is 1. The van der Waals surface area contributed by atoms with Crippen LogP contribution in [0.5, 0.6) is 0 Å². The number of pyridine rings is 1. The predicted molar refractivity (Wildman–Crippen MR) is 74.1 cm³/mol. The Balaban J connectivity index is 2.41. The summed E-state index contributed by atoms with van der Waals surface area (Å²) in [5, 5.41) is 0. The molecule has 0 aliphatic rings. The first kappa shape index (κ1) is 16.3. The molecule has 0 aliphatic heterocycles. The maximum atomic E-state index is 12.5. The Morgan fingerprint density at radius 1 is 1.05 bits per heavy atom. The van der Waals surface area contributed by atoms with Crippen LogP contribution in [-0.4, -0.2) is 15.5 Å². The molecule has 2 aromatic rings. The second-order valence-corrected chi connectivity index (χ2v) is 6.60. The summed E-state index contributed by atoms with van der Waals surface area (Å²) in [7, 11) is -2.61. The number of hydrogen-bond donors (Lipinski definition) is 0. The van der Waals surface area contributed by atoms with E-state index in [1.165, 1.54) is 11.7 Å². The van der Waals surface area contributed by atoms with Gasteiger partial charge >= 0.3 is 16.2 Å². The highest BCUT2D eigenvalue weighted by atomic mass is 32.2. The maximum absolute atomic E-state index is 12.5. The molecule has 1 aromatic heterocycles. The number of hydrogen-bond acceptors (Lipinski definition) is 2. The van der Waals surface area contributed by atoms with Crippen molar-refractivity contribution in [1.82, 2.24) is 0 Å². The fourth-order valence-corrected chi connectivity index (χ4v) is 3.12. The van der Waals surface area contributed by atoms with E-state index in [1.807, 2.05) is 0 Å². The van der Waals surface area contributed by atoms with Crippen LogP contribution in [0, 0.1) is 6.92 Å². The summed E-state index contributed by atoms with van der Waals surface area (Å²) in [6.07, 6.45) is -2.95. The van der Waals surface area contributed by atoms with Crippen molar-refractivity contribution in [1.29, 1.82) is 0 Å². The number of sulfonamides is 1. The van der Waals surface area contributed by atoms with Gasteiger partial charge in [-0.05, 0) is 30.3 Å². The highest BCUT2D eigenvalue weighted by Gasteiger charge is 2.32. The molecule has 1 aromatic carbocycles. The summed E-state index contributed by atoms with van der Waals surface area (Å²) in [6, 6.07) is 8.54. The second-order valence-electron chi connectivity index (χ2n) is 4.65. The van der Waals surface area contributed by atoms with Gasteiger partial charge in [0.2, 0.25) is 11.9 Å². The SMILES string of the molecule is Cc1cccc[n+]1N(C)S(=O)(=O)c1ccc(C(F)(F)F)cc1. The van der Waals surface area contributed by atoms with Crippen molar-refractivity contribution in [2.45, 2.75) is 18.0 Å². The molecule has 0 saturated heterocycles. The van der Waals surface area contributed by atoms with E-state index in [9.17, 15) is 21.6 Å². The first-order valence-corrected chi connectivity index (χ1v) is 7.72. The van der Waals surface area contributed by atoms with Crippen molar-refractivity contribution in [2.24, 2.45) is 0 Å². The highest BCUT2D eigenvalue weighted by Crippen LogP contribution is 2.29. The van der Waals surface area contributed by atoms with Crippen LogP contribution in [0.2, 0.25) is 0 Å². The van der Waals surface area contributed by atoms with E-state index in [0.717, 1.165) is 28.7 Å². The van der Waals surface area contributed by atoms with Gasteiger partial charge in [0.05, 0.1) is 17.5 Å². The highest BCUT2D eigenvalue weighted by molar-refractivity contribution is 7.92. The Morgan fingerprint density at radius 2 is 1.64 bits per heavy atom. The zero-order valence-corrected chi connectivity index (χ0v) is 12.7. The van der Waals surface area contributed by atoms with Crippen molar-refractivity contribution in [3.63, 3.8) is 0 Å². The van der Waals surface area contributed by atoms with Crippen LogP contribution < -0.4 is 9.09 Å². The third-order valence-corrected chi connectivity index (χ3v) is 4.91. The molecule has 0 unspecified atom stereocenters. The number of benzene rings is 1. The summed E-state index contributed by atoms with van der Waals surface area (Å²) in [6.45, 7) is 1.72. The van der Waals surface area contributed by atoms with Gasteiger partial charge in [0.15, 0.2) is 0 Å². The molecular formula is C14H14F3N2O2S+. The van der Waals surface area contributed by atoms with E-state index in [0.29, 0.717) is 5.69 Å². The first-order chi connectivity index (χ1) is 10.1. The van der Waals surface area contributed by atoms with Crippen molar-refractivity contribution in [3.8, 4) is 0 Å². The third kappa shape index (κ3) is 3.06. The van der Waals surface area contributed by atoms with E-state index >= 15 is 0 Å². The number of aryl methyl sites for hydroxylation is 1. The van der Waals surface area contributed by atoms with Gasteiger partial charge in [-0.1, -0.05) is 9.09 Å². The van der Waals surface area contributed by atoms with Crippen molar-refractivity contribution in [2.75, 3.05) is 11.5 Å². The minimum atomic E-state index is -4.50. The van der Waals surface area contributed by atoms with Crippen molar-refractivity contribution >= 4 is 10.0 Å². The Hall–Kier alpha value is -2.09. The number of alkyl halides is 3.